The number of nitro groups is 1. The van der Waals surface area contributed by atoms with E-state index in [1.807, 2.05) is 0 Å². The average Bonchev–Trinajstić information content (AvgIpc) is 2.95. The van der Waals surface area contributed by atoms with Crippen molar-refractivity contribution >= 4 is 11.4 Å². The Labute approximate surface area is 127 Å². The summed E-state index contributed by atoms with van der Waals surface area (Å²) in [6, 6.07) is 2.18. The van der Waals surface area contributed by atoms with Crippen LogP contribution in [-0.2, 0) is 4.74 Å². The minimum atomic E-state index is -0.759. The van der Waals surface area contributed by atoms with Crippen LogP contribution in [0.3, 0.4) is 0 Å². The SMILES string of the molecule is COCC1(CNc2cc(OC)c(F)cc2[N+](=O)[O-])CCCN1. The third kappa shape index (κ3) is 3.45. The van der Waals surface area contributed by atoms with Gasteiger partial charge in [0.2, 0.25) is 0 Å². The van der Waals surface area contributed by atoms with Gasteiger partial charge in [-0.2, -0.15) is 0 Å². The molecule has 0 aliphatic carbocycles. The molecule has 1 aromatic carbocycles. The summed E-state index contributed by atoms with van der Waals surface area (Å²) in [4.78, 5) is 10.5. The zero-order valence-electron chi connectivity index (χ0n) is 12.6. The van der Waals surface area contributed by atoms with Crippen LogP contribution in [0, 0.1) is 15.9 Å². The number of rotatable bonds is 7. The summed E-state index contributed by atoms with van der Waals surface area (Å²) < 4.78 is 23.8. The van der Waals surface area contributed by atoms with Gasteiger partial charge in [-0.1, -0.05) is 0 Å². The standard InChI is InChI=1S/C14H20FN3O4/c1-21-9-14(4-3-5-17-14)8-16-11-7-13(22-2)10(15)6-12(11)18(19)20/h6-7,16-17H,3-5,8-9H2,1-2H3. The molecule has 1 aliphatic rings. The third-order valence-corrected chi connectivity index (χ3v) is 3.84. The van der Waals surface area contributed by atoms with E-state index in [9.17, 15) is 14.5 Å². The number of hydrogen-bond acceptors (Lipinski definition) is 6. The van der Waals surface area contributed by atoms with Crippen molar-refractivity contribution in [3.05, 3.63) is 28.1 Å². The molecule has 0 radical (unpaired) electrons. The van der Waals surface area contributed by atoms with Gasteiger partial charge in [-0.25, -0.2) is 4.39 Å². The Balaban J connectivity index is 2.22. The molecule has 0 aromatic heterocycles. The average molecular weight is 313 g/mol. The molecule has 2 rings (SSSR count). The molecule has 122 valence electrons. The van der Waals surface area contributed by atoms with Gasteiger partial charge in [0, 0.05) is 19.7 Å². The van der Waals surface area contributed by atoms with Crippen molar-refractivity contribution in [1.82, 2.24) is 5.32 Å². The van der Waals surface area contributed by atoms with Crippen LogP contribution in [0.25, 0.3) is 0 Å². The quantitative estimate of drug-likeness (QED) is 0.591. The molecule has 2 N–H and O–H groups in total. The van der Waals surface area contributed by atoms with E-state index in [1.54, 1.807) is 7.11 Å². The summed E-state index contributed by atoms with van der Waals surface area (Å²) in [6.07, 6.45) is 1.92. The molecule has 8 heteroatoms. The summed E-state index contributed by atoms with van der Waals surface area (Å²) in [5.74, 6) is -0.793. The second-order valence-electron chi connectivity index (χ2n) is 5.36. The number of nitrogens with zero attached hydrogens (tertiary/aromatic N) is 1. The largest absolute Gasteiger partial charge is 0.494 e. The summed E-state index contributed by atoms with van der Waals surface area (Å²) >= 11 is 0. The predicted octanol–water partition coefficient (Wildman–Crippen LogP) is 1.92. The second kappa shape index (κ2) is 6.89. The highest BCUT2D eigenvalue weighted by Gasteiger charge is 2.34. The lowest BCUT2D eigenvalue weighted by Crippen LogP contribution is -2.49. The summed E-state index contributed by atoms with van der Waals surface area (Å²) in [5.41, 5.74) is -0.360. The number of ether oxygens (including phenoxy) is 2. The molecule has 1 unspecified atom stereocenters. The van der Waals surface area contributed by atoms with E-state index in [4.69, 9.17) is 9.47 Å². The lowest BCUT2D eigenvalue weighted by atomic mass is 9.98. The van der Waals surface area contributed by atoms with E-state index in [2.05, 4.69) is 10.6 Å². The molecule has 0 spiro atoms. The van der Waals surface area contributed by atoms with Crippen molar-refractivity contribution in [1.29, 1.82) is 0 Å². The topological polar surface area (TPSA) is 85.7 Å². The molecule has 1 saturated heterocycles. The Hall–Kier alpha value is -1.93. The molecule has 1 heterocycles. The fourth-order valence-electron chi connectivity index (χ4n) is 2.73. The molecule has 22 heavy (non-hydrogen) atoms. The minimum absolute atomic E-state index is 0.0340. The first-order valence-electron chi connectivity index (χ1n) is 7.01. The van der Waals surface area contributed by atoms with Crippen molar-refractivity contribution in [3.8, 4) is 5.75 Å². The molecule has 1 fully saturated rings. The molecule has 1 aromatic rings. The van der Waals surface area contributed by atoms with Gasteiger partial charge >= 0.3 is 0 Å². The van der Waals surface area contributed by atoms with Crippen LogP contribution in [0.2, 0.25) is 0 Å². The highest BCUT2D eigenvalue weighted by molar-refractivity contribution is 5.64. The van der Waals surface area contributed by atoms with Crippen LogP contribution in [0.15, 0.2) is 12.1 Å². The fourth-order valence-corrected chi connectivity index (χ4v) is 2.73. The molecule has 0 saturated carbocycles. The number of nitro benzene ring substituents is 1. The molecular weight excluding hydrogens is 293 g/mol. The number of methoxy groups -OCH3 is 2. The first-order valence-corrected chi connectivity index (χ1v) is 7.01. The van der Waals surface area contributed by atoms with Gasteiger partial charge in [0.25, 0.3) is 5.69 Å². The Morgan fingerprint density at radius 3 is 2.82 bits per heavy atom. The summed E-state index contributed by atoms with van der Waals surface area (Å²) in [5, 5.41) is 17.5. The number of halogens is 1. The van der Waals surface area contributed by atoms with Crippen molar-refractivity contribution < 1.29 is 18.8 Å². The third-order valence-electron chi connectivity index (χ3n) is 3.84. The maximum absolute atomic E-state index is 13.6. The first-order chi connectivity index (χ1) is 10.5. The number of hydrogen-bond donors (Lipinski definition) is 2. The van der Waals surface area contributed by atoms with Crippen molar-refractivity contribution in [2.45, 2.75) is 18.4 Å². The maximum atomic E-state index is 13.6. The van der Waals surface area contributed by atoms with Gasteiger partial charge in [-0.05, 0) is 19.4 Å². The maximum Gasteiger partial charge on any atom is 0.295 e. The Kier molecular flexibility index (Phi) is 5.15. The van der Waals surface area contributed by atoms with Crippen LogP contribution in [0.5, 0.6) is 5.75 Å². The molecule has 1 aliphatic heterocycles. The highest BCUT2D eigenvalue weighted by atomic mass is 19.1. The first kappa shape index (κ1) is 16.4. The van der Waals surface area contributed by atoms with Crippen LogP contribution < -0.4 is 15.4 Å². The minimum Gasteiger partial charge on any atom is -0.494 e. The predicted molar refractivity (Wildman–Crippen MR) is 79.9 cm³/mol. The smallest absolute Gasteiger partial charge is 0.295 e. The van der Waals surface area contributed by atoms with E-state index >= 15 is 0 Å². The zero-order chi connectivity index (χ0) is 16.2. The van der Waals surface area contributed by atoms with Crippen molar-refractivity contribution in [2.24, 2.45) is 0 Å². The second-order valence-corrected chi connectivity index (χ2v) is 5.36. The highest BCUT2D eigenvalue weighted by Crippen LogP contribution is 2.32. The van der Waals surface area contributed by atoms with Crippen LogP contribution in [0.1, 0.15) is 12.8 Å². The number of benzene rings is 1. The van der Waals surface area contributed by atoms with Gasteiger partial charge in [0.15, 0.2) is 11.6 Å². The van der Waals surface area contributed by atoms with E-state index < -0.39 is 10.7 Å². The van der Waals surface area contributed by atoms with E-state index in [1.165, 1.54) is 13.2 Å². The molecule has 7 nitrogen and oxygen atoms in total. The van der Waals surface area contributed by atoms with Crippen molar-refractivity contribution in [3.63, 3.8) is 0 Å². The monoisotopic (exact) mass is 313 g/mol. The zero-order valence-corrected chi connectivity index (χ0v) is 12.6. The van der Waals surface area contributed by atoms with Gasteiger partial charge in [-0.3, -0.25) is 10.1 Å². The molecule has 0 amide bonds. The Morgan fingerprint density at radius 1 is 1.50 bits per heavy atom. The van der Waals surface area contributed by atoms with E-state index in [0.717, 1.165) is 25.5 Å². The summed E-state index contributed by atoms with van der Waals surface area (Å²) in [7, 11) is 2.93. The van der Waals surface area contributed by atoms with Crippen LogP contribution >= 0.6 is 0 Å². The normalized spacial score (nSPS) is 20.9. The van der Waals surface area contributed by atoms with Gasteiger partial charge in [0.1, 0.15) is 5.69 Å². The van der Waals surface area contributed by atoms with Gasteiger partial charge in [-0.15, -0.1) is 0 Å². The number of nitrogens with one attached hydrogen (secondary N) is 2. The fraction of sp³-hybridized carbons (Fsp3) is 0.571. The lowest BCUT2D eigenvalue weighted by Gasteiger charge is -2.29. The van der Waals surface area contributed by atoms with E-state index in [0.29, 0.717) is 13.2 Å². The summed E-state index contributed by atoms with van der Waals surface area (Å²) in [6.45, 7) is 1.81. The van der Waals surface area contributed by atoms with E-state index in [-0.39, 0.29) is 22.7 Å². The molecule has 1 atom stereocenters. The molecule has 0 bridgehead atoms. The van der Waals surface area contributed by atoms with Crippen molar-refractivity contribution in [2.75, 3.05) is 39.2 Å². The van der Waals surface area contributed by atoms with Crippen LogP contribution in [-0.4, -0.2) is 44.4 Å². The molecular formula is C14H20FN3O4. The Morgan fingerprint density at radius 2 is 2.27 bits per heavy atom. The van der Waals surface area contributed by atoms with Crippen LogP contribution in [0.4, 0.5) is 15.8 Å². The van der Waals surface area contributed by atoms with Gasteiger partial charge in [0.05, 0.1) is 30.2 Å². The Bertz CT molecular complexity index is 547. The number of anilines is 1. The van der Waals surface area contributed by atoms with Gasteiger partial charge < -0.3 is 20.1 Å². The lowest BCUT2D eigenvalue weighted by molar-refractivity contribution is -0.384.